The molecule has 0 radical (unpaired) electrons. The van der Waals surface area contributed by atoms with Gasteiger partial charge in [0.15, 0.2) is 0 Å². The standard InChI is InChI=1S/C17H34N2O2/c1-5-11-18-17(4,16(20)21-7-3)10-8-12-19-13-9-15(6-2)14-19/h15,18H,5-14H2,1-4H3. The van der Waals surface area contributed by atoms with E-state index in [1.807, 2.05) is 13.8 Å². The smallest absolute Gasteiger partial charge is 0.326 e. The normalized spacial score (nSPS) is 22.2. The summed E-state index contributed by atoms with van der Waals surface area (Å²) in [6.45, 7) is 13.1. The zero-order chi connectivity index (χ0) is 15.7. The molecule has 21 heavy (non-hydrogen) atoms. The highest BCUT2D eigenvalue weighted by atomic mass is 16.5. The first kappa shape index (κ1) is 18.4. The Morgan fingerprint density at radius 3 is 2.71 bits per heavy atom. The van der Waals surface area contributed by atoms with Gasteiger partial charge >= 0.3 is 5.97 Å². The summed E-state index contributed by atoms with van der Waals surface area (Å²) in [5.41, 5.74) is -0.532. The molecule has 0 aromatic heterocycles. The van der Waals surface area contributed by atoms with E-state index in [2.05, 4.69) is 24.1 Å². The Morgan fingerprint density at radius 2 is 2.14 bits per heavy atom. The van der Waals surface area contributed by atoms with Crippen LogP contribution in [0, 0.1) is 5.92 Å². The molecule has 1 aliphatic heterocycles. The number of hydrogen-bond acceptors (Lipinski definition) is 4. The molecular formula is C17H34N2O2. The van der Waals surface area contributed by atoms with Gasteiger partial charge in [-0.1, -0.05) is 20.3 Å². The zero-order valence-corrected chi connectivity index (χ0v) is 14.4. The number of esters is 1. The second-order valence-corrected chi connectivity index (χ2v) is 6.45. The van der Waals surface area contributed by atoms with Gasteiger partial charge < -0.3 is 15.0 Å². The third kappa shape index (κ3) is 5.95. The second-order valence-electron chi connectivity index (χ2n) is 6.45. The number of carbonyl (C=O) groups excluding carboxylic acids is 1. The summed E-state index contributed by atoms with van der Waals surface area (Å²) in [5.74, 6) is 0.769. The van der Waals surface area contributed by atoms with Gasteiger partial charge in [0.1, 0.15) is 5.54 Å². The first-order chi connectivity index (χ1) is 10.1. The van der Waals surface area contributed by atoms with E-state index in [0.29, 0.717) is 6.61 Å². The maximum atomic E-state index is 12.2. The van der Waals surface area contributed by atoms with Crippen molar-refractivity contribution in [1.82, 2.24) is 10.2 Å². The fraction of sp³-hybridized carbons (Fsp3) is 0.941. The first-order valence-electron chi connectivity index (χ1n) is 8.70. The fourth-order valence-corrected chi connectivity index (χ4v) is 3.06. The molecule has 0 saturated carbocycles. The average molecular weight is 298 g/mol. The molecule has 2 atom stereocenters. The second kappa shape index (κ2) is 9.42. The third-order valence-corrected chi connectivity index (χ3v) is 4.59. The number of nitrogens with one attached hydrogen (secondary N) is 1. The number of rotatable bonds is 10. The van der Waals surface area contributed by atoms with Crippen molar-refractivity contribution < 1.29 is 9.53 Å². The molecular weight excluding hydrogens is 264 g/mol. The van der Waals surface area contributed by atoms with Crippen LogP contribution >= 0.6 is 0 Å². The molecule has 0 bridgehead atoms. The average Bonchev–Trinajstić information content (AvgIpc) is 2.93. The maximum absolute atomic E-state index is 12.2. The van der Waals surface area contributed by atoms with Crippen molar-refractivity contribution in [3.63, 3.8) is 0 Å². The number of carbonyl (C=O) groups is 1. The van der Waals surface area contributed by atoms with Crippen molar-refractivity contribution in [2.24, 2.45) is 5.92 Å². The third-order valence-electron chi connectivity index (χ3n) is 4.59. The highest BCUT2D eigenvalue weighted by Gasteiger charge is 2.33. The first-order valence-corrected chi connectivity index (χ1v) is 8.70. The van der Waals surface area contributed by atoms with Crippen LogP contribution in [0.1, 0.15) is 59.8 Å². The molecule has 1 aliphatic rings. The molecule has 0 spiro atoms. The van der Waals surface area contributed by atoms with Crippen molar-refractivity contribution in [3.05, 3.63) is 0 Å². The molecule has 124 valence electrons. The lowest BCUT2D eigenvalue weighted by atomic mass is 9.95. The lowest BCUT2D eigenvalue weighted by molar-refractivity contribution is -0.150. The summed E-state index contributed by atoms with van der Waals surface area (Å²) >= 11 is 0. The van der Waals surface area contributed by atoms with Gasteiger partial charge in [-0.25, -0.2) is 0 Å². The number of hydrogen-bond donors (Lipinski definition) is 1. The Hall–Kier alpha value is -0.610. The minimum Gasteiger partial charge on any atom is -0.465 e. The van der Waals surface area contributed by atoms with Gasteiger partial charge in [0, 0.05) is 6.54 Å². The topological polar surface area (TPSA) is 41.6 Å². The Bertz CT molecular complexity index is 309. The van der Waals surface area contributed by atoms with E-state index in [9.17, 15) is 4.79 Å². The van der Waals surface area contributed by atoms with Gasteiger partial charge in [-0.05, 0) is 65.1 Å². The van der Waals surface area contributed by atoms with Crippen LogP contribution in [-0.2, 0) is 9.53 Å². The van der Waals surface area contributed by atoms with Crippen LogP contribution in [0.2, 0.25) is 0 Å². The lowest BCUT2D eigenvalue weighted by Crippen LogP contribution is -2.51. The summed E-state index contributed by atoms with van der Waals surface area (Å²) in [5, 5.41) is 3.38. The van der Waals surface area contributed by atoms with Crippen LogP contribution in [0.4, 0.5) is 0 Å². The number of ether oxygens (including phenoxy) is 1. The van der Waals surface area contributed by atoms with Crippen LogP contribution in [0.3, 0.4) is 0 Å². The van der Waals surface area contributed by atoms with E-state index in [4.69, 9.17) is 4.74 Å². The van der Waals surface area contributed by atoms with Gasteiger partial charge in [-0.15, -0.1) is 0 Å². The molecule has 0 aromatic rings. The van der Waals surface area contributed by atoms with Crippen molar-refractivity contribution in [2.75, 3.05) is 32.8 Å². The fourth-order valence-electron chi connectivity index (χ4n) is 3.06. The van der Waals surface area contributed by atoms with Gasteiger partial charge in [0.05, 0.1) is 6.61 Å². The molecule has 0 amide bonds. The molecule has 1 heterocycles. The monoisotopic (exact) mass is 298 g/mol. The number of nitrogens with zero attached hydrogens (tertiary/aromatic N) is 1. The molecule has 2 unspecified atom stereocenters. The highest BCUT2D eigenvalue weighted by Crippen LogP contribution is 2.21. The minimum absolute atomic E-state index is 0.105. The van der Waals surface area contributed by atoms with Gasteiger partial charge in [-0.3, -0.25) is 4.79 Å². The van der Waals surface area contributed by atoms with Gasteiger partial charge in [0.25, 0.3) is 0 Å². The zero-order valence-electron chi connectivity index (χ0n) is 14.4. The molecule has 1 N–H and O–H groups in total. The Kier molecular flexibility index (Phi) is 8.27. The van der Waals surface area contributed by atoms with Crippen LogP contribution < -0.4 is 5.32 Å². The molecule has 0 aromatic carbocycles. The summed E-state index contributed by atoms with van der Waals surface area (Å²) in [6.07, 6.45) is 5.54. The summed E-state index contributed by atoms with van der Waals surface area (Å²) in [4.78, 5) is 14.7. The predicted octanol–water partition coefficient (Wildman–Crippen LogP) is 2.82. The highest BCUT2D eigenvalue weighted by molar-refractivity contribution is 5.80. The summed E-state index contributed by atoms with van der Waals surface area (Å²) in [7, 11) is 0. The quantitative estimate of drug-likeness (QED) is 0.630. The van der Waals surface area contributed by atoms with Crippen molar-refractivity contribution in [3.8, 4) is 0 Å². The van der Waals surface area contributed by atoms with Crippen LogP contribution in [-0.4, -0.2) is 49.2 Å². The van der Waals surface area contributed by atoms with Gasteiger partial charge in [-0.2, -0.15) is 0 Å². The van der Waals surface area contributed by atoms with E-state index >= 15 is 0 Å². The molecule has 1 fully saturated rings. The van der Waals surface area contributed by atoms with Crippen LogP contribution in [0.15, 0.2) is 0 Å². The molecule has 0 aliphatic carbocycles. The largest absolute Gasteiger partial charge is 0.465 e. The van der Waals surface area contributed by atoms with E-state index in [1.54, 1.807) is 0 Å². The minimum atomic E-state index is -0.532. The molecule has 4 nitrogen and oxygen atoms in total. The summed E-state index contributed by atoms with van der Waals surface area (Å²) in [6, 6.07) is 0. The molecule has 4 heteroatoms. The van der Waals surface area contributed by atoms with E-state index in [0.717, 1.165) is 38.3 Å². The van der Waals surface area contributed by atoms with Gasteiger partial charge in [0.2, 0.25) is 0 Å². The SMILES string of the molecule is CCCNC(C)(CCCN1CCC(CC)C1)C(=O)OCC. The predicted molar refractivity (Wildman–Crippen MR) is 87.4 cm³/mol. The van der Waals surface area contributed by atoms with Crippen molar-refractivity contribution >= 4 is 5.97 Å². The van der Waals surface area contributed by atoms with E-state index < -0.39 is 5.54 Å². The Morgan fingerprint density at radius 1 is 1.38 bits per heavy atom. The Balaban J connectivity index is 2.40. The maximum Gasteiger partial charge on any atom is 0.326 e. The number of likely N-dealkylation sites (tertiary alicyclic amines) is 1. The van der Waals surface area contributed by atoms with Crippen molar-refractivity contribution in [2.45, 2.75) is 65.3 Å². The summed E-state index contributed by atoms with van der Waals surface area (Å²) < 4.78 is 5.25. The molecule has 1 saturated heterocycles. The Labute approximate surface area is 130 Å². The lowest BCUT2D eigenvalue weighted by Gasteiger charge is -2.29. The molecule has 1 rings (SSSR count). The van der Waals surface area contributed by atoms with E-state index in [1.165, 1.54) is 25.9 Å². The van der Waals surface area contributed by atoms with Crippen LogP contribution in [0.25, 0.3) is 0 Å². The van der Waals surface area contributed by atoms with Crippen molar-refractivity contribution in [1.29, 1.82) is 0 Å². The van der Waals surface area contributed by atoms with E-state index in [-0.39, 0.29) is 5.97 Å². The van der Waals surface area contributed by atoms with Crippen LogP contribution in [0.5, 0.6) is 0 Å².